The van der Waals surface area contributed by atoms with Crippen LogP contribution in [0.4, 0.5) is 11.4 Å². The lowest BCUT2D eigenvalue weighted by Crippen LogP contribution is -2.26. The second kappa shape index (κ2) is 8.94. The molecule has 20 heavy (non-hydrogen) atoms. The van der Waals surface area contributed by atoms with Crippen LogP contribution < -0.4 is 11.1 Å². The van der Waals surface area contributed by atoms with Gasteiger partial charge in [0.1, 0.15) is 0 Å². The summed E-state index contributed by atoms with van der Waals surface area (Å²) in [6.45, 7) is 4.58. The Kier molecular flexibility index (Phi) is 7.15. The minimum absolute atomic E-state index is 0.00566. The van der Waals surface area contributed by atoms with Crippen LogP contribution in [0.1, 0.15) is 26.2 Å². The highest BCUT2D eigenvalue weighted by Gasteiger charge is 2.05. The van der Waals surface area contributed by atoms with E-state index in [0.717, 1.165) is 31.7 Å². The molecule has 0 aromatic heterocycles. The lowest BCUT2D eigenvalue weighted by molar-refractivity contribution is -0.116. The largest absolute Gasteiger partial charge is 0.399 e. The van der Waals surface area contributed by atoms with Crippen molar-refractivity contribution in [1.82, 2.24) is 4.90 Å². The number of benzene rings is 1. The molecule has 0 bridgehead atoms. The lowest BCUT2D eigenvalue weighted by Gasteiger charge is -2.18. The zero-order valence-corrected chi connectivity index (χ0v) is 11.9. The summed E-state index contributed by atoms with van der Waals surface area (Å²) in [5.74, 6) is 0.00566. The van der Waals surface area contributed by atoms with Crippen molar-refractivity contribution >= 4 is 17.3 Å². The van der Waals surface area contributed by atoms with Gasteiger partial charge in [-0.3, -0.25) is 4.79 Å². The third-order valence-electron chi connectivity index (χ3n) is 3.06. The quantitative estimate of drug-likeness (QED) is 0.712. The van der Waals surface area contributed by atoms with E-state index in [-0.39, 0.29) is 5.91 Å². The molecule has 0 heterocycles. The monoisotopic (exact) mass is 274 g/mol. The SMILES string of the molecule is CCN(CCC#N)CCCC(=O)Nc1ccc(N)cc1. The number of amides is 1. The van der Waals surface area contributed by atoms with Crippen molar-refractivity contribution in [2.24, 2.45) is 0 Å². The molecule has 5 heteroatoms. The normalized spacial score (nSPS) is 10.2. The maximum absolute atomic E-state index is 11.8. The van der Waals surface area contributed by atoms with Crippen LogP contribution in [0.25, 0.3) is 0 Å². The van der Waals surface area contributed by atoms with Crippen molar-refractivity contribution < 1.29 is 4.79 Å². The fraction of sp³-hybridized carbons (Fsp3) is 0.467. The first kappa shape index (κ1) is 16.0. The lowest BCUT2D eigenvalue weighted by atomic mass is 10.2. The van der Waals surface area contributed by atoms with Gasteiger partial charge in [-0.05, 0) is 43.8 Å². The number of nitrogens with one attached hydrogen (secondary N) is 1. The van der Waals surface area contributed by atoms with Crippen LogP contribution in [0.15, 0.2) is 24.3 Å². The van der Waals surface area contributed by atoms with Gasteiger partial charge < -0.3 is 16.0 Å². The first-order chi connectivity index (χ1) is 9.65. The van der Waals surface area contributed by atoms with Gasteiger partial charge in [-0.1, -0.05) is 6.92 Å². The van der Waals surface area contributed by atoms with Gasteiger partial charge in [0.2, 0.25) is 5.91 Å². The minimum atomic E-state index is 0.00566. The number of nitrogen functional groups attached to an aromatic ring is 1. The summed E-state index contributed by atoms with van der Waals surface area (Å²) >= 11 is 0. The molecular formula is C15H22N4O. The van der Waals surface area contributed by atoms with Crippen molar-refractivity contribution in [2.45, 2.75) is 26.2 Å². The summed E-state index contributed by atoms with van der Waals surface area (Å²) in [5, 5.41) is 11.4. The molecule has 1 aromatic rings. The Labute approximate surface area is 120 Å². The Hall–Kier alpha value is -2.06. The predicted molar refractivity (Wildman–Crippen MR) is 81.1 cm³/mol. The van der Waals surface area contributed by atoms with E-state index in [1.807, 2.05) is 0 Å². The minimum Gasteiger partial charge on any atom is -0.399 e. The second-order valence-corrected chi connectivity index (χ2v) is 4.62. The number of nitrogens with zero attached hydrogens (tertiary/aromatic N) is 2. The molecule has 0 unspecified atom stereocenters. The van der Waals surface area contributed by atoms with Crippen LogP contribution in [-0.4, -0.2) is 30.4 Å². The van der Waals surface area contributed by atoms with Gasteiger partial charge in [-0.25, -0.2) is 0 Å². The number of carbonyl (C=O) groups is 1. The van der Waals surface area contributed by atoms with Gasteiger partial charge >= 0.3 is 0 Å². The van der Waals surface area contributed by atoms with Gasteiger partial charge in [0.15, 0.2) is 0 Å². The molecule has 0 saturated heterocycles. The van der Waals surface area contributed by atoms with E-state index in [0.29, 0.717) is 18.5 Å². The molecule has 1 aromatic carbocycles. The maximum Gasteiger partial charge on any atom is 0.224 e. The number of nitriles is 1. The topological polar surface area (TPSA) is 82.2 Å². The van der Waals surface area contributed by atoms with Gasteiger partial charge in [0.05, 0.1) is 6.07 Å². The van der Waals surface area contributed by atoms with E-state index < -0.39 is 0 Å². The molecule has 1 rings (SSSR count). The third kappa shape index (κ3) is 6.21. The van der Waals surface area contributed by atoms with Crippen LogP contribution in [0, 0.1) is 11.3 Å². The van der Waals surface area contributed by atoms with E-state index in [9.17, 15) is 4.79 Å². The van der Waals surface area contributed by atoms with Crippen molar-refractivity contribution in [3.8, 4) is 6.07 Å². The van der Waals surface area contributed by atoms with E-state index >= 15 is 0 Å². The van der Waals surface area contributed by atoms with Gasteiger partial charge in [-0.2, -0.15) is 5.26 Å². The number of hydrogen-bond donors (Lipinski definition) is 2. The third-order valence-corrected chi connectivity index (χ3v) is 3.06. The van der Waals surface area contributed by atoms with Crippen LogP contribution in [0.2, 0.25) is 0 Å². The van der Waals surface area contributed by atoms with E-state index in [1.54, 1.807) is 24.3 Å². The van der Waals surface area contributed by atoms with Gasteiger partial charge in [0.25, 0.3) is 0 Å². The van der Waals surface area contributed by atoms with Gasteiger partial charge in [-0.15, -0.1) is 0 Å². The van der Waals surface area contributed by atoms with Crippen LogP contribution in [-0.2, 0) is 4.79 Å². The second-order valence-electron chi connectivity index (χ2n) is 4.62. The molecular weight excluding hydrogens is 252 g/mol. The molecule has 0 radical (unpaired) electrons. The highest BCUT2D eigenvalue weighted by Crippen LogP contribution is 2.11. The zero-order valence-electron chi connectivity index (χ0n) is 11.9. The smallest absolute Gasteiger partial charge is 0.224 e. The fourth-order valence-electron chi connectivity index (χ4n) is 1.89. The Morgan fingerprint density at radius 1 is 1.35 bits per heavy atom. The number of nitrogens with two attached hydrogens (primary N) is 1. The van der Waals surface area contributed by atoms with E-state index in [2.05, 4.69) is 23.2 Å². The first-order valence-corrected chi connectivity index (χ1v) is 6.90. The number of hydrogen-bond acceptors (Lipinski definition) is 4. The van der Waals surface area contributed by atoms with E-state index in [4.69, 9.17) is 11.0 Å². The van der Waals surface area contributed by atoms with Crippen molar-refractivity contribution in [1.29, 1.82) is 5.26 Å². The molecule has 0 atom stereocenters. The Morgan fingerprint density at radius 3 is 2.65 bits per heavy atom. The molecule has 5 nitrogen and oxygen atoms in total. The Balaban J connectivity index is 2.26. The maximum atomic E-state index is 11.8. The molecule has 0 spiro atoms. The Bertz CT molecular complexity index is 450. The summed E-state index contributed by atoms with van der Waals surface area (Å²) in [4.78, 5) is 13.9. The van der Waals surface area contributed by atoms with Crippen LogP contribution in [0.3, 0.4) is 0 Å². The molecule has 0 aliphatic rings. The standard InChI is InChI=1S/C15H22N4O/c1-2-19(12-4-10-16)11-3-5-15(20)18-14-8-6-13(17)7-9-14/h6-9H,2-5,11-12,17H2,1H3,(H,18,20). The first-order valence-electron chi connectivity index (χ1n) is 6.90. The summed E-state index contributed by atoms with van der Waals surface area (Å²) in [7, 11) is 0. The van der Waals surface area contributed by atoms with E-state index in [1.165, 1.54) is 0 Å². The molecule has 0 saturated carbocycles. The number of anilines is 2. The van der Waals surface area contributed by atoms with Crippen molar-refractivity contribution in [3.63, 3.8) is 0 Å². The summed E-state index contributed by atoms with van der Waals surface area (Å²) in [6.07, 6.45) is 1.80. The molecule has 0 aliphatic heterocycles. The summed E-state index contributed by atoms with van der Waals surface area (Å²) < 4.78 is 0. The fourth-order valence-corrected chi connectivity index (χ4v) is 1.89. The van der Waals surface area contributed by atoms with Crippen molar-refractivity contribution in [2.75, 3.05) is 30.7 Å². The summed E-state index contributed by atoms with van der Waals surface area (Å²) in [5.41, 5.74) is 7.03. The zero-order chi connectivity index (χ0) is 14.8. The number of carbonyl (C=O) groups excluding carboxylic acids is 1. The average Bonchev–Trinajstić information content (AvgIpc) is 2.45. The number of rotatable bonds is 8. The van der Waals surface area contributed by atoms with Crippen molar-refractivity contribution in [3.05, 3.63) is 24.3 Å². The van der Waals surface area contributed by atoms with Gasteiger partial charge in [0, 0.05) is 30.8 Å². The molecule has 0 fully saturated rings. The molecule has 3 N–H and O–H groups in total. The highest BCUT2D eigenvalue weighted by atomic mass is 16.1. The molecule has 108 valence electrons. The highest BCUT2D eigenvalue weighted by molar-refractivity contribution is 5.90. The predicted octanol–water partition coefficient (Wildman–Crippen LogP) is 2.22. The Morgan fingerprint density at radius 2 is 2.05 bits per heavy atom. The summed E-state index contributed by atoms with van der Waals surface area (Å²) in [6, 6.07) is 9.24. The molecule has 1 amide bonds. The van der Waals surface area contributed by atoms with Crippen LogP contribution in [0.5, 0.6) is 0 Å². The molecule has 0 aliphatic carbocycles. The van der Waals surface area contributed by atoms with Crippen LogP contribution >= 0.6 is 0 Å². The average molecular weight is 274 g/mol.